The average molecular weight is 294 g/mol. The summed E-state index contributed by atoms with van der Waals surface area (Å²) in [5, 5.41) is 8.08. The molecule has 4 rings (SSSR count). The first-order chi connectivity index (χ1) is 10.8. The van der Waals surface area contributed by atoms with Gasteiger partial charge in [0.1, 0.15) is 18.0 Å². The number of fused-ring (bicyclic) bond motifs is 1. The molecule has 3 aromatic rings. The summed E-state index contributed by atoms with van der Waals surface area (Å²) in [6, 6.07) is 8.18. The van der Waals surface area contributed by atoms with Crippen molar-refractivity contribution in [1.29, 1.82) is 0 Å². The molecule has 1 fully saturated rings. The molecular formula is C16H18N6. The van der Waals surface area contributed by atoms with Crippen LogP contribution in [0.15, 0.2) is 36.8 Å². The molecule has 0 amide bonds. The van der Waals surface area contributed by atoms with Gasteiger partial charge in [-0.25, -0.2) is 4.98 Å². The van der Waals surface area contributed by atoms with E-state index in [1.54, 1.807) is 6.33 Å². The van der Waals surface area contributed by atoms with Crippen LogP contribution < -0.4 is 4.90 Å². The molecule has 22 heavy (non-hydrogen) atoms. The maximum Gasteiger partial charge on any atom is 0.165 e. The van der Waals surface area contributed by atoms with Crippen molar-refractivity contribution in [2.24, 2.45) is 0 Å². The Morgan fingerprint density at radius 3 is 2.82 bits per heavy atom. The van der Waals surface area contributed by atoms with Gasteiger partial charge in [-0.05, 0) is 31.9 Å². The van der Waals surface area contributed by atoms with Crippen LogP contribution in [0, 0.1) is 6.92 Å². The predicted octanol–water partition coefficient (Wildman–Crippen LogP) is 2.21. The molecule has 1 aliphatic rings. The standard InChI is InChI=1S/C16H18N6/c1-12-19-15(10-16-20-18-11-22(12)16)21-8-5-13(6-9-21)14-4-2-3-7-17-14/h2-4,7,10-11,13H,5-6,8-9H2,1H3. The summed E-state index contributed by atoms with van der Waals surface area (Å²) in [4.78, 5) is 11.5. The Hall–Kier alpha value is -2.50. The van der Waals surface area contributed by atoms with E-state index in [0.717, 1.165) is 43.2 Å². The van der Waals surface area contributed by atoms with E-state index in [-0.39, 0.29) is 0 Å². The van der Waals surface area contributed by atoms with Crippen molar-refractivity contribution in [2.75, 3.05) is 18.0 Å². The molecule has 3 aromatic heterocycles. The van der Waals surface area contributed by atoms with Crippen LogP contribution in [-0.2, 0) is 0 Å². The lowest BCUT2D eigenvalue weighted by Crippen LogP contribution is -2.34. The van der Waals surface area contributed by atoms with Gasteiger partial charge < -0.3 is 4.90 Å². The molecular weight excluding hydrogens is 276 g/mol. The van der Waals surface area contributed by atoms with Crippen LogP contribution in [0.5, 0.6) is 0 Å². The molecule has 0 atom stereocenters. The van der Waals surface area contributed by atoms with Crippen LogP contribution in [0.25, 0.3) is 5.65 Å². The van der Waals surface area contributed by atoms with Gasteiger partial charge in [0.15, 0.2) is 5.65 Å². The average Bonchev–Trinajstić information content (AvgIpc) is 3.05. The third-order valence-electron chi connectivity index (χ3n) is 4.38. The summed E-state index contributed by atoms with van der Waals surface area (Å²) in [5.41, 5.74) is 2.06. The Bertz CT molecular complexity index is 774. The first-order valence-corrected chi connectivity index (χ1v) is 7.64. The van der Waals surface area contributed by atoms with Crippen LogP contribution in [0.4, 0.5) is 5.82 Å². The molecule has 1 saturated heterocycles. The Kier molecular flexibility index (Phi) is 3.21. The Morgan fingerprint density at radius 1 is 1.18 bits per heavy atom. The number of rotatable bonds is 2. The fraction of sp³-hybridized carbons (Fsp3) is 0.375. The lowest BCUT2D eigenvalue weighted by molar-refractivity contribution is 0.493. The summed E-state index contributed by atoms with van der Waals surface area (Å²) in [7, 11) is 0. The first-order valence-electron chi connectivity index (χ1n) is 7.64. The van der Waals surface area contributed by atoms with Crippen molar-refractivity contribution in [2.45, 2.75) is 25.7 Å². The number of hydrogen-bond acceptors (Lipinski definition) is 5. The number of nitrogens with zero attached hydrogens (tertiary/aromatic N) is 6. The first kappa shape index (κ1) is 13.2. The summed E-state index contributed by atoms with van der Waals surface area (Å²) >= 11 is 0. The maximum atomic E-state index is 4.69. The smallest absolute Gasteiger partial charge is 0.165 e. The molecule has 0 aromatic carbocycles. The second kappa shape index (κ2) is 5.36. The third kappa shape index (κ3) is 2.30. The number of anilines is 1. The van der Waals surface area contributed by atoms with E-state index < -0.39 is 0 Å². The third-order valence-corrected chi connectivity index (χ3v) is 4.38. The van der Waals surface area contributed by atoms with Gasteiger partial charge in [-0.3, -0.25) is 9.38 Å². The van der Waals surface area contributed by atoms with E-state index in [1.807, 2.05) is 29.7 Å². The highest BCUT2D eigenvalue weighted by molar-refractivity contribution is 5.51. The molecule has 0 aliphatic carbocycles. The van der Waals surface area contributed by atoms with Gasteiger partial charge in [0.05, 0.1) is 0 Å². The van der Waals surface area contributed by atoms with Crippen molar-refractivity contribution in [1.82, 2.24) is 24.6 Å². The van der Waals surface area contributed by atoms with Gasteiger partial charge in [0.2, 0.25) is 0 Å². The van der Waals surface area contributed by atoms with Crippen LogP contribution in [-0.4, -0.2) is 37.7 Å². The molecule has 0 bridgehead atoms. The van der Waals surface area contributed by atoms with Gasteiger partial charge in [-0.2, -0.15) is 0 Å². The number of pyridine rings is 1. The Morgan fingerprint density at radius 2 is 2.05 bits per heavy atom. The van der Waals surface area contributed by atoms with E-state index in [0.29, 0.717) is 5.92 Å². The largest absolute Gasteiger partial charge is 0.356 e. The van der Waals surface area contributed by atoms with Crippen LogP contribution >= 0.6 is 0 Å². The zero-order valence-electron chi connectivity index (χ0n) is 12.6. The van der Waals surface area contributed by atoms with E-state index in [2.05, 4.69) is 37.2 Å². The normalized spacial score (nSPS) is 16.3. The SMILES string of the molecule is Cc1nc(N2CCC(c3ccccn3)CC2)cc2nncn12. The molecule has 0 saturated carbocycles. The predicted molar refractivity (Wildman–Crippen MR) is 83.9 cm³/mol. The fourth-order valence-electron chi connectivity index (χ4n) is 3.14. The molecule has 0 radical (unpaired) electrons. The number of aryl methyl sites for hydroxylation is 1. The Balaban J connectivity index is 1.53. The molecule has 4 heterocycles. The monoisotopic (exact) mass is 294 g/mol. The maximum absolute atomic E-state index is 4.69. The summed E-state index contributed by atoms with van der Waals surface area (Å²) in [6.45, 7) is 3.98. The highest BCUT2D eigenvalue weighted by atomic mass is 15.3. The van der Waals surface area contributed by atoms with Gasteiger partial charge >= 0.3 is 0 Å². The van der Waals surface area contributed by atoms with Crippen LogP contribution in [0.2, 0.25) is 0 Å². The minimum atomic E-state index is 0.551. The van der Waals surface area contributed by atoms with Crippen molar-refractivity contribution in [3.05, 3.63) is 48.3 Å². The minimum Gasteiger partial charge on any atom is -0.356 e. The van der Waals surface area contributed by atoms with Gasteiger partial charge in [-0.1, -0.05) is 6.07 Å². The Labute approximate surface area is 128 Å². The second-order valence-corrected chi connectivity index (χ2v) is 5.74. The van der Waals surface area contributed by atoms with E-state index in [9.17, 15) is 0 Å². The fourth-order valence-corrected chi connectivity index (χ4v) is 3.14. The lowest BCUT2D eigenvalue weighted by Gasteiger charge is -2.32. The number of aromatic nitrogens is 5. The quantitative estimate of drug-likeness (QED) is 0.725. The molecule has 6 nitrogen and oxygen atoms in total. The van der Waals surface area contributed by atoms with E-state index in [1.165, 1.54) is 5.69 Å². The highest BCUT2D eigenvalue weighted by Crippen LogP contribution is 2.28. The van der Waals surface area contributed by atoms with Crippen LogP contribution in [0.1, 0.15) is 30.3 Å². The van der Waals surface area contributed by atoms with Crippen molar-refractivity contribution >= 4 is 11.5 Å². The summed E-state index contributed by atoms with van der Waals surface area (Å²) < 4.78 is 1.91. The number of piperidine rings is 1. The van der Waals surface area contributed by atoms with Crippen LogP contribution in [0.3, 0.4) is 0 Å². The molecule has 6 heteroatoms. The topological polar surface area (TPSA) is 59.2 Å². The van der Waals surface area contributed by atoms with Gasteiger partial charge in [0, 0.05) is 37.0 Å². The molecule has 0 unspecified atom stereocenters. The van der Waals surface area contributed by atoms with Crippen molar-refractivity contribution in [3.8, 4) is 0 Å². The zero-order valence-corrected chi connectivity index (χ0v) is 12.6. The van der Waals surface area contributed by atoms with Crippen molar-refractivity contribution in [3.63, 3.8) is 0 Å². The molecule has 0 spiro atoms. The second-order valence-electron chi connectivity index (χ2n) is 5.74. The van der Waals surface area contributed by atoms with E-state index in [4.69, 9.17) is 0 Å². The summed E-state index contributed by atoms with van der Waals surface area (Å²) in [6.07, 6.45) is 5.80. The highest BCUT2D eigenvalue weighted by Gasteiger charge is 2.22. The molecule has 0 N–H and O–H groups in total. The summed E-state index contributed by atoms with van der Waals surface area (Å²) in [5.74, 6) is 2.47. The molecule has 1 aliphatic heterocycles. The minimum absolute atomic E-state index is 0.551. The van der Waals surface area contributed by atoms with E-state index >= 15 is 0 Å². The number of hydrogen-bond donors (Lipinski definition) is 0. The zero-order chi connectivity index (χ0) is 14.9. The molecule has 112 valence electrons. The van der Waals surface area contributed by atoms with Gasteiger partial charge in [-0.15, -0.1) is 10.2 Å². The lowest BCUT2D eigenvalue weighted by atomic mass is 9.93. The van der Waals surface area contributed by atoms with Gasteiger partial charge in [0.25, 0.3) is 0 Å². The van der Waals surface area contributed by atoms with Crippen molar-refractivity contribution < 1.29 is 0 Å².